The van der Waals surface area contributed by atoms with Crippen LogP contribution in [0.3, 0.4) is 0 Å². The van der Waals surface area contributed by atoms with Crippen LogP contribution in [0.15, 0.2) is 59.1 Å². The first-order valence-corrected chi connectivity index (χ1v) is 12.2. The highest BCUT2D eigenvalue weighted by molar-refractivity contribution is 5.79. The molecule has 1 aromatic heterocycles. The van der Waals surface area contributed by atoms with Crippen molar-refractivity contribution < 1.29 is 19.0 Å². The minimum atomic E-state index is -0.460. The highest BCUT2D eigenvalue weighted by Crippen LogP contribution is 2.15. The van der Waals surface area contributed by atoms with Crippen molar-refractivity contribution in [2.24, 2.45) is 0 Å². The molecule has 0 atom stereocenters. The molecular formula is C26H30N6O5. The lowest BCUT2D eigenvalue weighted by Gasteiger charge is -2.34. The number of hydrogen-bond donors (Lipinski definition) is 0. The van der Waals surface area contributed by atoms with Gasteiger partial charge in [-0.3, -0.25) is 24.6 Å². The zero-order valence-electron chi connectivity index (χ0n) is 20.8. The fourth-order valence-electron chi connectivity index (χ4n) is 4.23. The molecule has 0 saturated carbocycles. The predicted octanol–water partition coefficient (Wildman–Crippen LogP) is 2.46. The molecular weight excluding hydrogens is 476 g/mol. The van der Waals surface area contributed by atoms with E-state index < -0.39 is 4.92 Å². The molecule has 2 aromatic carbocycles. The van der Waals surface area contributed by atoms with Gasteiger partial charge in [0.05, 0.1) is 17.9 Å². The van der Waals surface area contributed by atoms with Gasteiger partial charge in [0.1, 0.15) is 0 Å². The number of nitrogens with zero attached hydrogens (tertiary/aromatic N) is 6. The summed E-state index contributed by atoms with van der Waals surface area (Å²) in [5, 5.41) is 15.0. The summed E-state index contributed by atoms with van der Waals surface area (Å²) in [6.07, 6.45) is 0.802. The summed E-state index contributed by atoms with van der Waals surface area (Å²) < 4.78 is 5.34. The summed E-state index contributed by atoms with van der Waals surface area (Å²) >= 11 is 0. The van der Waals surface area contributed by atoms with Gasteiger partial charge in [-0.15, -0.1) is 0 Å². The van der Waals surface area contributed by atoms with Crippen LogP contribution in [0, 0.1) is 10.1 Å². The molecule has 37 heavy (non-hydrogen) atoms. The van der Waals surface area contributed by atoms with E-state index in [0.717, 1.165) is 5.56 Å². The smallest absolute Gasteiger partial charge is 0.269 e. The monoisotopic (exact) mass is 506 g/mol. The molecule has 1 aliphatic heterocycles. The lowest BCUT2D eigenvalue weighted by Crippen LogP contribution is -2.48. The number of aryl methyl sites for hydroxylation is 1. The molecule has 0 N–H and O–H groups in total. The van der Waals surface area contributed by atoms with Crippen LogP contribution >= 0.6 is 0 Å². The number of amides is 2. The molecule has 2 amide bonds. The van der Waals surface area contributed by atoms with Crippen molar-refractivity contribution >= 4 is 17.5 Å². The lowest BCUT2D eigenvalue weighted by molar-refractivity contribution is -0.384. The Labute approximate surface area is 214 Å². The number of hydrogen-bond acceptors (Lipinski definition) is 8. The van der Waals surface area contributed by atoms with Gasteiger partial charge in [-0.25, -0.2) is 0 Å². The van der Waals surface area contributed by atoms with Crippen LogP contribution in [0.1, 0.15) is 29.3 Å². The highest BCUT2D eigenvalue weighted by Gasteiger charge is 2.23. The number of carbonyl (C=O) groups excluding carboxylic acids is 2. The number of non-ortho nitro benzene ring substituents is 1. The van der Waals surface area contributed by atoms with E-state index in [1.807, 2.05) is 30.3 Å². The van der Waals surface area contributed by atoms with Crippen LogP contribution in [0.5, 0.6) is 0 Å². The molecule has 3 aromatic rings. The maximum absolute atomic E-state index is 12.7. The van der Waals surface area contributed by atoms with E-state index >= 15 is 0 Å². The highest BCUT2D eigenvalue weighted by atomic mass is 16.6. The second-order valence-corrected chi connectivity index (χ2v) is 9.10. The number of rotatable bonds is 10. The number of benzene rings is 2. The summed E-state index contributed by atoms with van der Waals surface area (Å²) in [5.74, 6) is 0.942. The van der Waals surface area contributed by atoms with E-state index in [-0.39, 0.29) is 30.3 Å². The molecule has 11 heteroatoms. The van der Waals surface area contributed by atoms with Gasteiger partial charge in [-0.2, -0.15) is 4.98 Å². The van der Waals surface area contributed by atoms with Gasteiger partial charge in [0, 0.05) is 64.7 Å². The summed E-state index contributed by atoms with van der Waals surface area (Å²) in [4.78, 5) is 45.6. The first-order valence-electron chi connectivity index (χ1n) is 12.2. The largest absolute Gasteiger partial charge is 0.341 e. The van der Waals surface area contributed by atoms with E-state index in [0.29, 0.717) is 63.0 Å². The molecule has 11 nitrogen and oxygen atoms in total. The number of aromatic nitrogens is 2. The summed E-state index contributed by atoms with van der Waals surface area (Å²) in [7, 11) is 1.78. The lowest BCUT2D eigenvalue weighted by atomic mass is 10.1. The molecule has 1 aliphatic rings. The molecule has 1 saturated heterocycles. The summed E-state index contributed by atoms with van der Waals surface area (Å²) in [6, 6.07) is 16.0. The van der Waals surface area contributed by atoms with Crippen LogP contribution in [0.4, 0.5) is 5.69 Å². The van der Waals surface area contributed by atoms with E-state index in [4.69, 9.17) is 4.52 Å². The van der Waals surface area contributed by atoms with Gasteiger partial charge in [0.2, 0.25) is 17.7 Å². The van der Waals surface area contributed by atoms with Gasteiger partial charge >= 0.3 is 0 Å². The van der Waals surface area contributed by atoms with Gasteiger partial charge in [-0.05, 0) is 11.1 Å². The Morgan fingerprint density at radius 1 is 1.05 bits per heavy atom. The summed E-state index contributed by atoms with van der Waals surface area (Å²) in [5.41, 5.74) is 1.69. The van der Waals surface area contributed by atoms with Crippen molar-refractivity contribution in [3.8, 4) is 0 Å². The standard InChI is InChI=1S/C26H30N6O5/c1-29(18-20-6-3-2-4-7-20)25(33)11-10-24-27-23(28-37-24)19-30-12-14-31(15-13-30)26(34)17-21-8-5-9-22(16-21)32(35)36/h2-9,16H,10-15,17-19H2,1H3. The quantitative estimate of drug-likeness (QED) is 0.303. The minimum absolute atomic E-state index is 0.00880. The number of nitro groups is 1. The first kappa shape index (κ1) is 26.0. The van der Waals surface area contributed by atoms with Crippen LogP contribution < -0.4 is 0 Å². The maximum Gasteiger partial charge on any atom is 0.269 e. The average Bonchev–Trinajstić information content (AvgIpc) is 3.35. The van der Waals surface area contributed by atoms with Crippen molar-refractivity contribution in [2.45, 2.75) is 32.4 Å². The van der Waals surface area contributed by atoms with Crippen LogP contribution in [0.25, 0.3) is 0 Å². The third kappa shape index (κ3) is 7.43. The van der Waals surface area contributed by atoms with E-state index in [9.17, 15) is 19.7 Å². The molecule has 0 bridgehead atoms. The van der Waals surface area contributed by atoms with Gasteiger partial charge in [0.15, 0.2) is 5.82 Å². The minimum Gasteiger partial charge on any atom is -0.341 e. The maximum atomic E-state index is 12.7. The van der Waals surface area contributed by atoms with Crippen molar-refractivity contribution in [3.63, 3.8) is 0 Å². The number of piperazine rings is 1. The van der Waals surface area contributed by atoms with Crippen LogP contribution in [0.2, 0.25) is 0 Å². The zero-order valence-corrected chi connectivity index (χ0v) is 20.8. The van der Waals surface area contributed by atoms with Crippen molar-refractivity contribution in [3.05, 3.63) is 87.6 Å². The summed E-state index contributed by atoms with van der Waals surface area (Å²) in [6.45, 7) is 3.48. The molecule has 0 radical (unpaired) electrons. The van der Waals surface area contributed by atoms with Crippen molar-refractivity contribution in [2.75, 3.05) is 33.2 Å². The average molecular weight is 507 g/mol. The first-order chi connectivity index (χ1) is 17.9. The molecule has 0 spiro atoms. The zero-order chi connectivity index (χ0) is 26.2. The number of carbonyl (C=O) groups is 2. The van der Waals surface area contributed by atoms with Crippen LogP contribution in [-0.2, 0) is 35.5 Å². The second-order valence-electron chi connectivity index (χ2n) is 9.10. The predicted molar refractivity (Wildman–Crippen MR) is 134 cm³/mol. The topological polar surface area (TPSA) is 126 Å². The van der Waals surface area contributed by atoms with E-state index in [1.165, 1.54) is 12.1 Å². The Balaban J connectivity index is 1.19. The SMILES string of the molecule is CN(Cc1ccccc1)C(=O)CCc1nc(CN2CCN(C(=O)Cc3cccc([N+](=O)[O-])c3)CC2)no1. The van der Waals surface area contributed by atoms with E-state index in [2.05, 4.69) is 15.0 Å². The second kappa shape index (κ2) is 12.2. The van der Waals surface area contributed by atoms with Crippen LogP contribution in [-0.4, -0.2) is 74.8 Å². The molecule has 0 unspecified atom stereocenters. The third-order valence-corrected chi connectivity index (χ3v) is 6.32. The van der Waals surface area contributed by atoms with Crippen molar-refractivity contribution in [1.82, 2.24) is 24.8 Å². The van der Waals surface area contributed by atoms with E-state index in [1.54, 1.807) is 29.0 Å². The van der Waals surface area contributed by atoms with Crippen molar-refractivity contribution in [1.29, 1.82) is 0 Å². The Bertz CT molecular complexity index is 1220. The molecule has 194 valence electrons. The molecule has 2 heterocycles. The fraction of sp³-hybridized carbons (Fsp3) is 0.385. The molecule has 0 aliphatic carbocycles. The third-order valence-electron chi connectivity index (χ3n) is 6.32. The normalized spacial score (nSPS) is 13.9. The Morgan fingerprint density at radius 3 is 2.51 bits per heavy atom. The molecule has 1 fully saturated rings. The fourth-order valence-corrected chi connectivity index (χ4v) is 4.23. The Kier molecular flexibility index (Phi) is 8.57. The Morgan fingerprint density at radius 2 is 1.78 bits per heavy atom. The van der Waals surface area contributed by atoms with Gasteiger partial charge in [0.25, 0.3) is 5.69 Å². The number of nitro benzene ring substituents is 1. The van der Waals surface area contributed by atoms with Gasteiger partial charge < -0.3 is 14.3 Å². The molecule has 4 rings (SSSR count). The Hall–Kier alpha value is -4.12. The van der Waals surface area contributed by atoms with Gasteiger partial charge in [-0.1, -0.05) is 47.6 Å².